The first-order valence-electron chi connectivity index (χ1n) is 7.47. The first-order valence-corrected chi connectivity index (χ1v) is 7.47. The molecule has 0 saturated carbocycles. The second kappa shape index (κ2) is 9.50. The molecule has 3 N–H and O–H groups in total. The second-order valence-electron chi connectivity index (χ2n) is 4.88. The van der Waals surface area contributed by atoms with Crippen LogP contribution in [0.1, 0.15) is 31.4 Å². The zero-order chi connectivity index (χ0) is 14.8. The smallest absolute Gasteiger partial charge is 0.224 e. The molecule has 0 aliphatic heterocycles. The molecule has 0 radical (unpaired) electrons. The molecule has 0 unspecified atom stereocenters. The monoisotopic (exact) mass is 277 g/mol. The SMILES string of the molecule is CCN(CC)CCCNC(=O)Cc1ccccc1CN. The molecular weight excluding hydrogens is 250 g/mol. The first kappa shape index (κ1) is 16.7. The topological polar surface area (TPSA) is 58.4 Å². The Hall–Kier alpha value is -1.39. The van der Waals surface area contributed by atoms with E-state index in [1.807, 2.05) is 24.3 Å². The number of nitrogens with two attached hydrogens (primary N) is 1. The minimum Gasteiger partial charge on any atom is -0.356 e. The third kappa shape index (κ3) is 5.72. The number of benzene rings is 1. The van der Waals surface area contributed by atoms with Crippen LogP contribution < -0.4 is 11.1 Å². The number of amides is 1. The predicted molar refractivity (Wildman–Crippen MR) is 83.5 cm³/mol. The van der Waals surface area contributed by atoms with Gasteiger partial charge in [-0.2, -0.15) is 0 Å². The van der Waals surface area contributed by atoms with E-state index < -0.39 is 0 Å². The highest BCUT2D eigenvalue weighted by Gasteiger charge is 2.06. The summed E-state index contributed by atoms with van der Waals surface area (Å²) in [4.78, 5) is 14.3. The zero-order valence-corrected chi connectivity index (χ0v) is 12.7. The van der Waals surface area contributed by atoms with Crippen LogP contribution in [0.2, 0.25) is 0 Å². The van der Waals surface area contributed by atoms with Crippen LogP contribution in [0, 0.1) is 0 Å². The average Bonchev–Trinajstić information content (AvgIpc) is 2.48. The summed E-state index contributed by atoms with van der Waals surface area (Å²) in [7, 11) is 0. The van der Waals surface area contributed by atoms with Gasteiger partial charge in [-0.15, -0.1) is 0 Å². The van der Waals surface area contributed by atoms with E-state index in [0.29, 0.717) is 13.0 Å². The second-order valence-corrected chi connectivity index (χ2v) is 4.88. The summed E-state index contributed by atoms with van der Waals surface area (Å²) in [5.74, 6) is 0.0745. The Kier molecular flexibility index (Phi) is 7.92. The molecule has 0 bridgehead atoms. The van der Waals surface area contributed by atoms with Crippen molar-refractivity contribution in [1.29, 1.82) is 0 Å². The number of nitrogens with one attached hydrogen (secondary N) is 1. The molecule has 20 heavy (non-hydrogen) atoms. The van der Waals surface area contributed by atoms with Crippen molar-refractivity contribution in [3.05, 3.63) is 35.4 Å². The number of nitrogens with zero attached hydrogens (tertiary/aromatic N) is 1. The van der Waals surface area contributed by atoms with E-state index in [4.69, 9.17) is 5.73 Å². The fraction of sp³-hybridized carbons (Fsp3) is 0.562. The van der Waals surface area contributed by atoms with Crippen molar-refractivity contribution >= 4 is 5.91 Å². The van der Waals surface area contributed by atoms with E-state index in [-0.39, 0.29) is 5.91 Å². The van der Waals surface area contributed by atoms with Gasteiger partial charge in [0.1, 0.15) is 0 Å². The van der Waals surface area contributed by atoms with Crippen LogP contribution in [0.3, 0.4) is 0 Å². The Morgan fingerprint density at radius 3 is 2.45 bits per heavy atom. The zero-order valence-electron chi connectivity index (χ0n) is 12.7. The fourth-order valence-electron chi connectivity index (χ4n) is 2.23. The van der Waals surface area contributed by atoms with Crippen molar-refractivity contribution in [1.82, 2.24) is 10.2 Å². The van der Waals surface area contributed by atoms with E-state index in [2.05, 4.69) is 24.1 Å². The van der Waals surface area contributed by atoms with Crippen molar-refractivity contribution < 1.29 is 4.79 Å². The van der Waals surface area contributed by atoms with Gasteiger partial charge >= 0.3 is 0 Å². The first-order chi connectivity index (χ1) is 9.71. The van der Waals surface area contributed by atoms with Crippen LogP contribution >= 0.6 is 0 Å². The summed E-state index contributed by atoms with van der Waals surface area (Å²) >= 11 is 0. The lowest BCUT2D eigenvalue weighted by Crippen LogP contribution is -2.30. The third-order valence-corrected chi connectivity index (χ3v) is 3.56. The molecule has 0 aromatic heterocycles. The molecule has 0 aliphatic rings. The summed E-state index contributed by atoms with van der Waals surface area (Å²) in [6.45, 7) is 8.69. The predicted octanol–water partition coefficient (Wildman–Crippen LogP) is 1.54. The Bertz CT molecular complexity index is 402. The van der Waals surface area contributed by atoms with E-state index in [1.165, 1.54) is 0 Å². The number of hydrogen-bond acceptors (Lipinski definition) is 3. The molecule has 1 rings (SSSR count). The Morgan fingerprint density at radius 2 is 1.85 bits per heavy atom. The third-order valence-electron chi connectivity index (χ3n) is 3.56. The quantitative estimate of drug-likeness (QED) is 0.673. The largest absolute Gasteiger partial charge is 0.356 e. The molecule has 0 saturated heterocycles. The lowest BCUT2D eigenvalue weighted by atomic mass is 10.0. The van der Waals surface area contributed by atoms with Gasteiger partial charge in [-0.3, -0.25) is 4.79 Å². The number of hydrogen-bond donors (Lipinski definition) is 2. The van der Waals surface area contributed by atoms with Crippen LogP contribution in [-0.2, 0) is 17.8 Å². The van der Waals surface area contributed by atoms with Gasteiger partial charge in [0.25, 0.3) is 0 Å². The summed E-state index contributed by atoms with van der Waals surface area (Å²) in [5, 5.41) is 2.98. The van der Waals surface area contributed by atoms with E-state index >= 15 is 0 Å². The van der Waals surface area contributed by atoms with Gasteiger partial charge in [0.2, 0.25) is 5.91 Å². The maximum Gasteiger partial charge on any atom is 0.224 e. The Balaban J connectivity index is 2.30. The van der Waals surface area contributed by atoms with E-state index in [1.54, 1.807) is 0 Å². The van der Waals surface area contributed by atoms with Gasteiger partial charge < -0.3 is 16.0 Å². The van der Waals surface area contributed by atoms with Gasteiger partial charge in [0, 0.05) is 13.1 Å². The van der Waals surface area contributed by atoms with Crippen molar-refractivity contribution in [2.24, 2.45) is 5.73 Å². The van der Waals surface area contributed by atoms with Gasteiger partial charge in [0.15, 0.2) is 0 Å². The lowest BCUT2D eigenvalue weighted by Gasteiger charge is -2.17. The van der Waals surface area contributed by atoms with Crippen LogP contribution in [0.4, 0.5) is 0 Å². The Labute approximate surface area is 122 Å². The molecule has 1 aromatic carbocycles. The van der Waals surface area contributed by atoms with Gasteiger partial charge in [-0.05, 0) is 37.2 Å². The minimum absolute atomic E-state index is 0.0745. The highest BCUT2D eigenvalue weighted by molar-refractivity contribution is 5.78. The number of carbonyl (C=O) groups excluding carboxylic acids is 1. The van der Waals surface area contributed by atoms with E-state index in [9.17, 15) is 4.79 Å². The molecular formula is C16H27N3O. The molecule has 4 heteroatoms. The number of carbonyl (C=O) groups is 1. The standard InChI is InChI=1S/C16H27N3O/c1-3-19(4-2)11-7-10-18-16(20)12-14-8-5-6-9-15(14)13-17/h5-6,8-9H,3-4,7,10-13,17H2,1-2H3,(H,18,20). The fourth-order valence-corrected chi connectivity index (χ4v) is 2.23. The van der Waals surface area contributed by atoms with Crippen LogP contribution in [-0.4, -0.2) is 37.0 Å². The number of rotatable bonds is 9. The minimum atomic E-state index is 0.0745. The molecule has 0 heterocycles. The van der Waals surface area contributed by atoms with Crippen LogP contribution in [0.25, 0.3) is 0 Å². The normalized spacial score (nSPS) is 10.8. The highest BCUT2D eigenvalue weighted by Crippen LogP contribution is 2.08. The van der Waals surface area contributed by atoms with Crippen molar-refractivity contribution in [2.75, 3.05) is 26.2 Å². The van der Waals surface area contributed by atoms with Gasteiger partial charge in [-0.1, -0.05) is 38.1 Å². The average molecular weight is 277 g/mol. The molecule has 0 aliphatic carbocycles. The van der Waals surface area contributed by atoms with Gasteiger partial charge in [-0.25, -0.2) is 0 Å². The lowest BCUT2D eigenvalue weighted by molar-refractivity contribution is -0.120. The van der Waals surface area contributed by atoms with Crippen molar-refractivity contribution in [3.8, 4) is 0 Å². The van der Waals surface area contributed by atoms with Crippen LogP contribution in [0.15, 0.2) is 24.3 Å². The van der Waals surface area contributed by atoms with Crippen molar-refractivity contribution in [3.63, 3.8) is 0 Å². The molecule has 0 fully saturated rings. The maximum atomic E-state index is 11.9. The summed E-state index contributed by atoms with van der Waals surface area (Å²) in [5.41, 5.74) is 7.75. The molecule has 0 spiro atoms. The molecule has 4 nitrogen and oxygen atoms in total. The maximum absolute atomic E-state index is 11.9. The summed E-state index contributed by atoms with van der Waals surface area (Å²) in [6, 6.07) is 7.84. The summed E-state index contributed by atoms with van der Waals surface area (Å²) in [6.07, 6.45) is 1.41. The highest BCUT2D eigenvalue weighted by atomic mass is 16.1. The van der Waals surface area contributed by atoms with E-state index in [0.717, 1.165) is 43.7 Å². The molecule has 1 amide bonds. The Morgan fingerprint density at radius 1 is 1.20 bits per heavy atom. The molecule has 1 aromatic rings. The van der Waals surface area contributed by atoms with Gasteiger partial charge in [0.05, 0.1) is 6.42 Å². The van der Waals surface area contributed by atoms with Crippen LogP contribution in [0.5, 0.6) is 0 Å². The molecule has 0 atom stereocenters. The van der Waals surface area contributed by atoms with Crippen molar-refractivity contribution in [2.45, 2.75) is 33.2 Å². The molecule has 112 valence electrons. The summed E-state index contributed by atoms with van der Waals surface area (Å²) < 4.78 is 0.